The Balaban J connectivity index is 2.54. The van der Waals surface area contributed by atoms with Gasteiger partial charge >= 0.3 is 0 Å². The Bertz CT molecular complexity index is 241. The van der Waals surface area contributed by atoms with E-state index in [0.29, 0.717) is 5.92 Å². The Morgan fingerprint density at radius 2 is 2.27 bits per heavy atom. The first-order chi connectivity index (χ1) is 7.15. The van der Waals surface area contributed by atoms with Gasteiger partial charge in [-0.2, -0.15) is 0 Å². The van der Waals surface area contributed by atoms with Crippen LogP contribution < -0.4 is 0 Å². The zero-order valence-corrected chi connectivity index (χ0v) is 9.83. The van der Waals surface area contributed by atoms with Crippen molar-refractivity contribution in [2.45, 2.75) is 58.5 Å². The molecule has 0 aromatic rings. The zero-order chi connectivity index (χ0) is 11.3. The fraction of sp³-hybridized carbons (Fsp3) is 0.769. The molecule has 0 spiro atoms. The van der Waals surface area contributed by atoms with Crippen molar-refractivity contribution in [3.8, 4) is 0 Å². The molecular weight excluding hydrogens is 188 g/mol. The topological polar surface area (TPSA) is 37.3 Å². The molecule has 0 radical (unpaired) electrons. The number of aliphatic hydroxyl groups excluding tert-OH is 1. The molecule has 0 fully saturated rings. The van der Waals surface area contributed by atoms with Gasteiger partial charge in [0.25, 0.3) is 0 Å². The Labute approximate surface area is 92.4 Å². The van der Waals surface area contributed by atoms with E-state index in [4.69, 9.17) is 0 Å². The summed E-state index contributed by atoms with van der Waals surface area (Å²) in [6.45, 7) is 4.40. The van der Waals surface area contributed by atoms with Gasteiger partial charge in [-0.15, -0.1) is 0 Å². The van der Waals surface area contributed by atoms with Crippen molar-refractivity contribution in [3.63, 3.8) is 0 Å². The van der Waals surface area contributed by atoms with Gasteiger partial charge in [-0.05, 0) is 49.2 Å². The van der Waals surface area contributed by atoms with Crippen LogP contribution in [0.1, 0.15) is 52.4 Å². The van der Waals surface area contributed by atoms with Crippen LogP contribution in [0.25, 0.3) is 0 Å². The van der Waals surface area contributed by atoms with Crippen molar-refractivity contribution in [1.29, 1.82) is 0 Å². The number of hydrogen-bond acceptors (Lipinski definition) is 2. The van der Waals surface area contributed by atoms with Gasteiger partial charge in [-0.25, -0.2) is 0 Å². The second-order valence-electron chi connectivity index (χ2n) is 4.86. The predicted octanol–water partition coefficient (Wildman–Crippen LogP) is 2.85. The van der Waals surface area contributed by atoms with E-state index in [0.717, 1.165) is 49.5 Å². The van der Waals surface area contributed by atoms with E-state index in [1.807, 2.05) is 0 Å². The molecule has 0 saturated heterocycles. The van der Waals surface area contributed by atoms with Crippen LogP contribution in [-0.4, -0.2) is 17.5 Å². The smallest absolute Gasteiger partial charge is 0.146 e. The van der Waals surface area contributed by atoms with Crippen LogP contribution in [0.5, 0.6) is 0 Å². The summed E-state index contributed by atoms with van der Waals surface area (Å²) in [4.78, 5) is 10.8. The first-order valence-electron chi connectivity index (χ1n) is 6.00. The molecule has 2 heteroatoms. The van der Waals surface area contributed by atoms with Gasteiger partial charge in [-0.3, -0.25) is 4.79 Å². The van der Waals surface area contributed by atoms with Gasteiger partial charge in [0.15, 0.2) is 0 Å². The Kier molecular flexibility index (Phi) is 5.03. The van der Waals surface area contributed by atoms with E-state index in [1.165, 1.54) is 6.42 Å². The van der Waals surface area contributed by atoms with Crippen LogP contribution >= 0.6 is 0 Å². The van der Waals surface area contributed by atoms with Gasteiger partial charge in [0.1, 0.15) is 6.29 Å². The number of carbonyl (C=O) groups is 1. The van der Waals surface area contributed by atoms with E-state index in [9.17, 15) is 9.90 Å². The third-order valence-corrected chi connectivity index (χ3v) is 3.11. The second-order valence-corrected chi connectivity index (χ2v) is 4.86. The number of rotatable bonds is 5. The Hall–Kier alpha value is -0.630. The van der Waals surface area contributed by atoms with Crippen LogP contribution in [0.15, 0.2) is 11.1 Å². The predicted molar refractivity (Wildman–Crippen MR) is 61.6 cm³/mol. The molecule has 0 aliphatic heterocycles. The summed E-state index contributed by atoms with van der Waals surface area (Å²) in [7, 11) is 0. The molecule has 1 N–H and O–H groups in total. The van der Waals surface area contributed by atoms with Gasteiger partial charge in [-0.1, -0.05) is 20.3 Å². The van der Waals surface area contributed by atoms with Gasteiger partial charge in [0, 0.05) is 0 Å². The number of aliphatic hydroxyl groups is 1. The SMILES string of the molecule is CC(C)CCCC1=C(C=O)CCCC1O. The zero-order valence-electron chi connectivity index (χ0n) is 9.83. The molecule has 1 atom stereocenters. The second kappa shape index (κ2) is 6.06. The first kappa shape index (κ1) is 12.4. The largest absolute Gasteiger partial charge is 0.389 e. The summed E-state index contributed by atoms with van der Waals surface area (Å²) in [6, 6.07) is 0. The van der Waals surface area contributed by atoms with Crippen molar-refractivity contribution in [3.05, 3.63) is 11.1 Å². The van der Waals surface area contributed by atoms with Crippen LogP contribution in [0, 0.1) is 5.92 Å². The van der Waals surface area contributed by atoms with Crippen molar-refractivity contribution in [2.24, 2.45) is 5.92 Å². The average Bonchev–Trinajstić information content (AvgIpc) is 2.20. The minimum atomic E-state index is -0.355. The summed E-state index contributed by atoms with van der Waals surface area (Å²) in [6.07, 6.45) is 6.37. The molecule has 0 bridgehead atoms. The van der Waals surface area contributed by atoms with Crippen LogP contribution in [0.3, 0.4) is 0 Å². The van der Waals surface area contributed by atoms with Crippen molar-refractivity contribution >= 4 is 6.29 Å². The molecule has 0 heterocycles. The molecule has 1 aliphatic carbocycles. The van der Waals surface area contributed by atoms with Gasteiger partial charge in [0.2, 0.25) is 0 Å². The number of hydrogen-bond donors (Lipinski definition) is 1. The highest BCUT2D eigenvalue weighted by Crippen LogP contribution is 2.28. The summed E-state index contributed by atoms with van der Waals surface area (Å²) in [5.41, 5.74) is 1.87. The lowest BCUT2D eigenvalue weighted by Gasteiger charge is -2.22. The molecular formula is C13H22O2. The normalized spacial score (nSPS) is 22.3. The first-order valence-corrected chi connectivity index (χ1v) is 6.00. The molecule has 1 aliphatic rings. The van der Waals surface area contributed by atoms with Crippen LogP contribution in [-0.2, 0) is 4.79 Å². The fourth-order valence-corrected chi connectivity index (χ4v) is 2.20. The van der Waals surface area contributed by atoms with E-state index in [2.05, 4.69) is 13.8 Å². The third-order valence-electron chi connectivity index (χ3n) is 3.11. The molecule has 0 amide bonds. The molecule has 0 aromatic carbocycles. The lowest BCUT2D eigenvalue weighted by atomic mass is 9.86. The van der Waals surface area contributed by atoms with Crippen molar-refractivity contribution in [1.82, 2.24) is 0 Å². The maximum absolute atomic E-state index is 10.8. The van der Waals surface area contributed by atoms with Gasteiger partial charge < -0.3 is 5.11 Å². The van der Waals surface area contributed by atoms with Crippen molar-refractivity contribution < 1.29 is 9.90 Å². The highest BCUT2D eigenvalue weighted by atomic mass is 16.3. The minimum Gasteiger partial charge on any atom is -0.389 e. The molecule has 1 unspecified atom stereocenters. The Morgan fingerprint density at radius 1 is 1.53 bits per heavy atom. The quantitative estimate of drug-likeness (QED) is 0.708. The molecule has 15 heavy (non-hydrogen) atoms. The Morgan fingerprint density at radius 3 is 2.87 bits per heavy atom. The summed E-state index contributed by atoms with van der Waals surface area (Å²) >= 11 is 0. The number of allylic oxidation sites excluding steroid dienone is 1. The summed E-state index contributed by atoms with van der Waals surface area (Å²) in [5.74, 6) is 0.700. The lowest BCUT2D eigenvalue weighted by Crippen LogP contribution is -2.18. The number of aldehydes is 1. The van der Waals surface area contributed by atoms with E-state index >= 15 is 0 Å². The van der Waals surface area contributed by atoms with Crippen molar-refractivity contribution in [2.75, 3.05) is 0 Å². The van der Waals surface area contributed by atoms with E-state index in [1.54, 1.807) is 0 Å². The van der Waals surface area contributed by atoms with Crippen LogP contribution in [0.4, 0.5) is 0 Å². The monoisotopic (exact) mass is 210 g/mol. The van der Waals surface area contributed by atoms with Gasteiger partial charge in [0.05, 0.1) is 6.10 Å². The summed E-state index contributed by atoms with van der Waals surface area (Å²) < 4.78 is 0. The molecule has 0 aromatic heterocycles. The highest BCUT2D eigenvalue weighted by Gasteiger charge is 2.20. The maximum atomic E-state index is 10.8. The molecule has 0 saturated carbocycles. The fourth-order valence-electron chi connectivity index (χ4n) is 2.20. The van der Waals surface area contributed by atoms with Crippen LogP contribution in [0.2, 0.25) is 0 Å². The lowest BCUT2D eigenvalue weighted by molar-refractivity contribution is -0.105. The highest BCUT2D eigenvalue weighted by molar-refractivity contribution is 5.75. The maximum Gasteiger partial charge on any atom is 0.146 e. The van der Waals surface area contributed by atoms with E-state index in [-0.39, 0.29) is 6.10 Å². The van der Waals surface area contributed by atoms with E-state index < -0.39 is 0 Å². The molecule has 2 nitrogen and oxygen atoms in total. The average molecular weight is 210 g/mol. The third kappa shape index (κ3) is 3.78. The number of carbonyl (C=O) groups excluding carboxylic acids is 1. The standard InChI is InChI=1S/C13H22O2/c1-10(2)5-3-7-12-11(9-14)6-4-8-13(12)15/h9-10,13,15H,3-8H2,1-2H3. The molecule has 1 rings (SSSR count). The molecule has 86 valence electrons. The summed E-state index contributed by atoms with van der Waals surface area (Å²) in [5, 5.41) is 9.82. The minimum absolute atomic E-state index is 0.355.